The molecule has 1 aliphatic heterocycles. The topological polar surface area (TPSA) is 68.2 Å². The van der Waals surface area contributed by atoms with Gasteiger partial charge in [-0.05, 0) is 25.7 Å². The first-order valence-corrected chi connectivity index (χ1v) is 7.62. The summed E-state index contributed by atoms with van der Waals surface area (Å²) >= 11 is 0. The fourth-order valence-electron chi connectivity index (χ4n) is 2.62. The summed E-state index contributed by atoms with van der Waals surface area (Å²) in [5.74, 6) is 0.957. The number of nitrogens with one attached hydrogen (secondary N) is 2. The number of carbonyl (C=O) groups excluding carboxylic acids is 1. The van der Waals surface area contributed by atoms with E-state index < -0.39 is 0 Å². The second kappa shape index (κ2) is 7.04. The number of carbonyl (C=O) groups is 1. The summed E-state index contributed by atoms with van der Waals surface area (Å²) in [5.41, 5.74) is 0.895. The number of ether oxygens (including phenoxy) is 1. The van der Waals surface area contributed by atoms with Crippen LogP contribution in [0, 0.1) is 12.8 Å². The normalized spacial score (nSPS) is 18.0. The average molecular weight is 294 g/mol. The molecule has 1 fully saturated rings. The average Bonchev–Trinajstić information content (AvgIpc) is 2.75. The fraction of sp³-hybridized carbons (Fsp3) is 0.733. The van der Waals surface area contributed by atoms with Crippen LogP contribution in [0.2, 0.25) is 0 Å². The molecule has 1 amide bonds. The van der Waals surface area contributed by atoms with Gasteiger partial charge in [0, 0.05) is 32.4 Å². The molecule has 0 bridgehead atoms. The molecular weight excluding hydrogens is 268 g/mol. The Balaban J connectivity index is 1.99. The Morgan fingerprint density at radius 3 is 2.62 bits per heavy atom. The molecular formula is C15H26N4O2. The van der Waals surface area contributed by atoms with Crippen LogP contribution < -0.4 is 10.6 Å². The van der Waals surface area contributed by atoms with Gasteiger partial charge in [0.1, 0.15) is 5.82 Å². The molecule has 6 nitrogen and oxygen atoms in total. The van der Waals surface area contributed by atoms with E-state index in [1.165, 1.54) is 0 Å². The summed E-state index contributed by atoms with van der Waals surface area (Å²) in [6.45, 7) is 7.57. The van der Waals surface area contributed by atoms with Crippen LogP contribution in [0.4, 0.5) is 5.82 Å². The second-order valence-electron chi connectivity index (χ2n) is 6.06. The molecule has 2 heterocycles. The van der Waals surface area contributed by atoms with Crippen LogP contribution in [-0.2, 0) is 16.6 Å². The van der Waals surface area contributed by atoms with Crippen LogP contribution in [-0.4, -0.2) is 41.0 Å². The highest BCUT2D eigenvalue weighted by Crippen LogP contribution is 2.14. The molecule has 0 radical (unpaired) electrons. The van der Waals surface area contributed by atoms with Crippen molar-refractivity contribution in [3.05, 3.63) is 11.8 Å². The van der Waals surface area contributed by atoms with Gasteiger partial charge < -0.3 is 15.4 Å². The fourth-order valence-corrected chi connectivity index (χ4v) is 2.62. The Bertz CT molecular complexity index is 478. The Kier molecular flexibility index (Phi) is 5.36. The van der Waals surface area contributed by atoms with Gasteiger partial charge >= 0.3 is 0 Å². The molecule has 1 aromatic heterocycles. The lowest BCUT2D eigenvalue weighted by Gasteiger charge is -2.30. The van der Waals surface area contributed by atoms with Gasteiger partial charge in [-0.2, -0.15) is 5.10 Å². The van der Waals surface area contributed by atoms with E-state index in [0.717, 1.165) is 37.6 Å². The van der Waals surface area contributed by atoms with E-state index in [1.807, 2.05) is 20.0 Å². The lowest BCUT2D eigenvalue weighted by atomic mass is 10.00. The number of aryl methyl sites for hydroxylation is 2. The molecule has 1 saturated heterocycles. The summed E-state index contributed by atoms with van der Waals surface area (Å²) in [6.07, 6.45) is 1.92. The van der Waals surface area contributed by atoms with E-state index >= 15 is 0 Å². The van der Waals surface area contributed by atoms with Crippen molar-refractivity contribution in [3.8, 4) is 0 Å². The number of rotatable bonds is 5. The molecule has 0 aromatic carbocycles. The largest absolute Gasteiger partial charge is 0.381 e. The van der Waals surface area contributed by atoms with Gasteiger partial charge in [0.2, 0.25) is 5.91 Å². The van der Waals surface area contributed by atoms with E-state index in [9.17, 15) is 4.79 Å². The third-order valence-corrected chi connectivity index (χ3v) is 3.84. The van der Waals surface area contributed by atoms with Gasteiger partial charge in [-0.1, -0.05) is 13.8 Å². The Morgan fingerprint density at radius 2 is 2.10 bits per heavy atom. The molecule has 1 aliphatic rings. The number of hydrogen-bond acceptors (Lipinski definition) is 4. The molecule has 2 N–H and O–H groups in total. The minimum absolute atomic E-state index is 0.000471. The van der Waals surface area contributed by atoms with Crippen LogP contribution in [0.1, 0.15) is 32.4 Å². The van der Waals surface area contributed by atoms with Gasteiger partial charge in [-0.15, -0.1) is 0 Å². The Morgan fingerprint density at radius 1 is 1.43 bits per heavy atom. The van der Waals surface area contributed by atoms with Crippen molar-refractivity contribution in [3.63, 3.8) is 0 Å². The maximum atomic E-state index is 12.5. The van der Waals surface area contributed by atoms with Crippen LogP contribution in [0.25, 0.3) is 0 Å². The number of aromatic nitrogens is 2. The minimum atomic E-state index is -0.205. The Labute approximate surface area is 126 Å². The predicted octanol–water partition coefficient (Wildman–Crippen LogP) is 1.46. The van der Waals surface area contributed by atoms with Gasteiger partial charge in [0.25, 0.3) is 0 Å². The van der Waals surface area contributed by atoms with Gasteiger partial charge in [0.15, 0.2) is 0 Å². The SMILES string of the molecule is Cc1cc(NC(=O)[C@@H](NC2CCOCC2)C(C)C)n(C)n1. The van der Waals surface area contributed by atoms with Gasteiger partial charge in [-0.25, -0.2) is 0 Å². The van der Waals surface area contributed by atoms with Crippen molar-refractivity contribution < 1.29 is 9.53 Å². The molecule has 0 unspecified atom stereocenters. The van der Waals surface area contributed by atoms with E-state index in [4.69, 9.17) is 4.74 Å². The zero-order chi connectivity index (χ0) is 15.4. The van der Waals surface area contributed by atoms with Crippen LogP contribution in [0.3, 0.4) is 0 Å². The van der Waals surface area contributed by atoms with Crippen molar-refractivity contribution in [2.45, 2.75) is 45.7 Å². The van der Waals surface area contributed by atoms with Crippen LogP contribution >= 0.6 is 0 Å². The summed E-state index contributed by atoms with van der Waals surface area (Å²) in [7, 11) is 1.83. The van der Waals surface area contributed by atoms with Gasteiger partial charge in [0.05, 0.1) is 11.7 Å². The number of anilines is 1. The molecule has 2 rings (SSSR count). The molecule has 21 heavy (non-hydrogen) atoms. The second-order valence-corrected chi connectivity index (χ2v) is 6.06. The monoisotopic (exact) mass is 294 g/mol. The van der Waals surface area contributed by atoms with E-state index in [2.05, 4.69) is 29.6 Å². The van der Waals surface area contributed by atoms with Crippen molar-refractivity contribution >= 4 is 11.7 Å². The zero-order valence-corrected chi connectivity index (χ0v) is 13.3. The lowest BCUT2D eigenvalue weighted by molar-refractivity contribution is -0.119. The van der Waals surface area contributed by atoms with E-state index in [1.54, 1.807) is 4.68 Å². The third kappa shape index (κ3) is 4.28. The standard InChI is InChI=1S/C15H26N4O2/c1-10(2)14(16-12-5-7-21-8-6-12)15(20)17-13-9-11(3)18-19(13)4/h9-10,12,14,16H,5-8H2,1-4H3,(H,17,20)/t14-/m0/s1. The first-order valence-electron chi connectivity index (χ1n) is 7.62. The molecule has 0 spiro atoms. The lowest BCUT2D eigenvalue weighted by Crippen LogP contribution is -2.50. The van der Waals surface area contributed by atoms with E-state index in [0.29, 0.717) is 6.04 Å². The maximum absolute atomic E-state index is 12.5. The Hall–Kier alpha value is -1.40. The first kappa shape index (κ1) is 16.0. The highest BCUT2D eigenvalue weighted by Gasteiger charge is 2.26. The summed E-state index contributed by atoms with van der Waals surface area (Å²) < 4.78 is 7.06. The summed E-state index contributed by atoms with van der Waals surface area (Å²) in [6, 6.07) is 2.03. The molecule has 0 aliphatic carbocycles. The van der Waals surface area contributed by atoms with Crippen molar-refractivity contribution in [1.82, 2.24) is 15.1 Å². The number of nitrogens with zero attached hydrogens (tertiary/aromatic N) is 2. The molecule has 1 atom stereocenters. The maximum Gasteiger partial charge on any atom is 0.242 e. The molecule has 0 saturated carbocycles. The molecule has 6 heteroatoms. The van der Waals surface area contributed by atoms with Crippen LogP contribution in [0.5, 0.6) is 0 Å². The first-order chi connectivity index (χ1) is 9.97. The summed E-state index contributed by atoms with van der Waals surface area (Å²) in [4.78, 5) is 12.5. The van der Waals surface area contributed by atoms with E-state index in [-0.39, 0.29) is 17.9 Å². The predicted molar refractivity (Wildman–Crippen MR) is 82.2 cm³/mol. The zero-order valence-electron chi connectivity index (χ0n) is 13.3. The highest BCUT2D eigenvalue weighted by molar-refractivity contribution is 5.94. The smallest absolute Gasteiger partial charge is 0.242 e. The summed E-state index contributed by atoms with van der Waals surface area (Å²) in [5, 5.41) is 10.7. The van der Waals surface area contributed by atoms with Crippen molar-refractivity contribution in [2.75, 3.05) is 18.5 Å². The molecule has 118 valence electrons. The third-order valence-electron chi connectivity index (χ3n) is 3.84. The highest BCUT2D eigenvalue weighted by atomic mass is 16.5. The van der Waals surface area contributed by atoms with Crippen molar-refractivity contribution in [2.24, 2.45) is 13.0 Å². The quantitative estimate of drug-likeness (QED) is 0.863. The van der Waals surface area contributed by atoms with Crippen LogP contribution in [0.15, 0.2) is 6.07 Å². The van der Waals surface area contributed by atoms with Crippen molar-refractivity contribution in [1.29, 1.82) is 0 Å². The minimum Gasteiger partial charge on any atom is -0.381 e. The molecule has 1 aromatic rings. The number of amides is 1. The number of hydrogen-bond donors (Lipinski definition) is 2. The van der Waals surface area contributed by atoms with Gasteiger partial charge in [-0.3, -0.25) is 9.48 Å².